The van der Waals surface area contributed by atoms with E-state index in [4.69, 9.17) is 17.3 Å². The number of amides is 2. The zero-order valence-corrected chi connectivity index (χ0v) is 10.3. The van der Waals surface area contributed by atoms with Gasteiger partial charge in [-0.05, 0) is 18.2 Å². The van der Waals surface area contributed by atoms with E-state index in [1.165, 1.54) is 0 Å². The Labute approximate surface area is 108 Å². The Balaban J connectivity index is 2.10. The molecule has 2 rings (SSSR count). The SMILES string of the molecule is NC(=O)CCNC(=O)c1cc2ccc(Cl)cc2[nH]1. The molecule has 5 nitrogen and oxygen atoms in total. The van der Waals surface area contributed by atoms with Gasteiger partial charge in [0.15, 0.2) is 0 Å². The number of carbonyl (C=O) groups is 2. The molecule has 0 saturated heterocycles. The van der Waals surface area contributed by atoms with Gasteiger partial charge in [0.05, 0.1) is 0 Å². The number of hydrogen-bond donors (Lipinski definition) is 3. The Morgan fingerprint density at radius 2 is 2.11 bits per heavy atom. The first-order chi connectivity index (χ1) is 8.56. The van der Waals surface area contributed by atoms with Crippen molar-refractivity contribution in [3.63, 3.8) is 0 Å². The first-order valence-electron chi connectivity index (χ1n) is 5.41. The lowest BCUT2D eigenvalue weighted by atomic mass is 10.2. The van der Waals surface area contributed by atoms with Gasteiger partial charge in [-0.2, -0.15) is 0 Å². The molecule has 2 aromatic rings. The fraction of sp³-hybridized carbons (Fsp3) is 0.167. The fourth-order valence-corrected chi connectivity index (χ4v) is 1.79. The summed E-state index contributed by atoms with van der Waals surface area (Å²) in [5.41, 5.74) is 6.20. The third-order valence-corrected chi connectivity index (χ3v) is 2.72. The van der Waals surface area contributed by atoms with Crippen molar-refractivity contribution >= 4 is 34.3 Å². The van der Waals surface area contributed by atoms with Crippen LogP contribution in [-0.4, -0.2) is 23.3 Å². The van der Waals surface area contributed by atoms with Crippen LogP contribution in [0.25, 0.3) is 10.9 Å². The Morgan fingerprint density at radius 3 is 2.83 bits per heavy atom. The van der Waals surface area contributed by atoms with Gasteiger partial charge < -0.3 is 16.0 Å². The summed E-state index contributed by atoms with van der Waals surface area (Å²) in [5.74, 6) is -0.720. The van der Waals surface area contributed by atoms with Crippen LogP contribution in [0.5, 0.6) is 0 Å². The average Bonchev–Trinajstić information content (AvgIpc) is 2.71. The van der Waals surface area contributed by atoms with Crippen molar-refractivity contribution in [3.8, 4) is 0 Å². The maximum Gasteiger partial charge on any atom is 0.267 e. The van der Waals surface area contributed by atoms with Crippen LogP contribution in [0.3, 0.4) is 0 Å². The van der Waals surface area contributed by atoms with Crippen molar-refractivity contribution in [2.75, 3.05) is 6.54 Å². The highest BCUT2D eigenvalue weighted by Gasteiger charge is 2.09. The number of halogens is 1. The predicted octanol–water partition coefficient (Wildman–Crippen LogP) is 1.43. The summed E-state index contributed by atoms with van der Waals surface area (Å²) >= 11 is 5.85. The van der Waals surface area contributed by atoms with E-state index in [-0.39, 0.29) is 18.9 Å². The maximum absolute atomic E-state index is 11.8. The lowest BCUT2D eigenvalue weighted by Gasteiger charge is -2.00. The molecule has 1 heterocycles. The van der Waals surface area contributed by atoms with E-state index >= 15 is 0 Å². The molecule has 0 aliphatic carbocycles. The van der Waals surface area contributed by atoms with E-state index < -0.39 is 5.91 Å². The van der Waals surface area contributed by atoms with Crippen molar-refractivity contribution in [1.82, 2.24) is 10.3 Å². The van der Waals surface area contributed by atoms with Crippen LogP contribution in [0, 0.1) is 0 Å². The first-order valence-corrected chi connectivity index (χ1v) is 5.79. The van der Waals surface area contributed by atoms with Gasteiger partial charge in [0.2, 0.25) is 5.91 Å². The molecule has 0 aliphatic rings. The van der Waals surface area contributed by atoms with Gasteiger partial charge in [0, 0.05) is 28.9 Å². The minimum absolute atomic E-state index is 0.123. The monoisotopic (exact) mass is 265 g/mol. The van der Waals surface area contributed by atoms with Crippen LogP contribution < -0.4 is 11.1 Å². The van der Waals surface area contributed by atoms with E-state index in [1.54, 1.807) is 18.2 Å². The predicted molar refractivity (Wildman–Crippen MR) is 69.5 cm³/mol. The minimum atomic E-state index is -0.446. The molecular formula is C12H12ClN3O2. The van der Waals surface area contributed by atoms with E-state index in [0.717, 1.165) is 10.9 Å². The number of H-pyrrole nitrogens is 1. The summed E-state index contributed by atoms with van der Waals surface area (Å²) in [7, 11) is 0. The van der Waals surface area contributed by atoms with Crippen molar-refractivity contribution in [3.05, 3.63) is 35.0 Å². The standard InChI is InChI=1S/C12H12ClN3O2/c13-8-2-1-7-5-10(16-9(7)6-8)12(18)15-4-3-11(14)17/h1-2,5-6,16H,3-4H2,(H2,14,17)(H,15,18). The number of nitrogens with one attached hydrogen (secondary N) is 2. The highest BCUT2D eigenvalue weighted by Crippen LogP contribution is 2.19. The Bertz CT molecular complexity index is 606. The van der Waals surface area contributed by atoms with Crippen molar-refractivity contribution < 1.29 is 9.59 Å². The van der Waals surface area contributed by atoms with Gasteiger partial charge in [0.1, 0.15) is 5.69 Å². The Morgan fingerprint density at radius 1 is 1.33 bits per heavy atom. The molecule has 6 heteroatoms. The molecule has 18 heavy (non-hydrogen) atoms. The molecule has 4 N–H and O–H groups in total. The van der Waals surface area contributed by atoms with E-state index in [9.17, 15) is 9.59 Å². The molecule has 0 saturated carbocycles. The van der Waals surface area contributed by atoms with Gasteiger partial charge >= 0.3 is 0 Å². The number of fused-ring (bicyclic) bond motifs is 1. The summed E-state index contributed by atoms with van der Waals surface area (Å²) < 4.78 is 0. The van der Waals surface area contributed by atoms with Crippen molar-refractivity contribution in [2.24, 2.45) is 5.73 Å². The third-order valence-electron chi connectivity index (χ3n) is 2.49. The average molecular weight is 266 g/mol. The quantitative estimate of drug-likeness (QED) is 0.781. The highest BCUT2D eigenvalue weighted by atomic mass is 35.5. The molecular weight excluding hydrogens is 254 g/mol. The summed E-state index contributed by atoms with van der Waals surface area (Å²) in [5, 5.41) is 4.11. The Hall–Kier alpha value is -2.01. The van der Waals surface area contributed by atoms with E-state index in [0.29, 0.717) is 10.7 Å². The minimum Gasteiger partial charge on any atom is -0.370 e. The molecule has 0 atom stereocenters. The van der Waals surface area contributed by atoms with Gasteiger partial charge in [-0.25, -0.2) is 0 Å². The zero-order valence-electron chi connectivity index (χ0n) is 9.50. The van der Waals surface area contributed by atoms with Gasteiger partial charge in [0.25, 0.3) is 5.91 Å². The van der Waals surface area contributed by atoms with Gasteiger partial charge in [-0.3, -0.25) is 9.59 Å². The maximum atomic E-state index is 11.8. The summed E-state index contributed by atoms with van der Waals surface area (Å²) in [4.78, 5) is 25.3. The third kappa shape index (κ3) is 2.81. The largest absolute Gasteiger partial charge is 0.370 e. The summed E-state index contributed by atoms with van der Waals surface area (Å²) in [6.45, 7) is 0.226. The number of benzene rings is 1. The van der Waals surface area contributed by atoms with Gasteiger partial charge in [-0.1, -0.05) is 17.7 Å². The molecule has 0 bridgehead atoms. The molecule has 1 aromatic heterocycles. The zero-order chi connectivity index (χ0) is 13.1. The van der Waals surface area contributed by atoms with Crippen molar-refractivity contribution in [2.45, 2.75) is 6.42 Å². The van der Waals surface area contributed by atoms with E-state index in [1.807, 2.05) is 6.07 Å². The van der Waals surface area contributed by atoms with Crippen molar-refractivity contribution in [1.29, 1.82) is 0 Å². The van der Waals surface area contributed by atoms with E-state index in [2.05, 4.69) is 10.3 Å². The molecule has 0 radical (unpaired) electrons. The van der Waals surface area contributed by atoms with Crippen LogP contribution in [-0.2, 0) is 4.79 Å². The van der Waals surface area contributed by atoms with Gasteiger partial charge in [-0.15, -0.1) is 0 Å². The number of nitrogens with two attached hydrogens (primary N) is 1. The molecule has 0 unspecified atom stereocenters. The van der Waals surface area contributed by atoms with Crippen LogP contribution in [0.2, 0.25) is 5.02 Å². The molecule has 1 aromatic carbocycles. The van der Waals surface area contributed by atoms with Crippen LogP contribution in [0.1, 0.15) is 16.9 Å². The molecule has 0 aliphatic heterocycles. The number of primary amides is 1. The fourth-order valence-electron chi connectivity index (χ4n) is 1.62. The molecule has 2 amide bonds. The number of rotatable bonds is 4. The second-order valence-corrected chi connectivity index (χ2v) is 4.32. The molecule has 0 spiro atoms. The molecule has 94 valence electrons. The lowest BCUT2D eigenvalue weighted by molar-refractivity contribution is -0.117. The second kappa shape index (κ2) is 5.10. The first kappa shape index (κ1) is 12.4. The van der Waals surface area contributed by atoms with Crippen LogP contribution in [0.4, 0.5) is 0 Å². The Kier molecular flexibility index (Phi) is 3.53. The number of aromatic amines is 1. The number of carbonyl (C=O) groups excluding carboxylic acids is 2. The normalized spacial score (nSPS) is 10.5. The van der Waals surface area contributed by atoms with Crippen LogP contribution >= 0.6 is 11.6 Å². The smallest absolute Gasteiger partial charge is 0.267 e. The summed E-state index contributed by atoms with van der Waals surface area (Å²) in [6.07, 6.45) is 0.123. The number of hydrogen-bond acceptors (Lipinski definition) is 2. The topological polar surface area (TPSA) is 88.0 Å². The lowest BCUT2D eigenvalue weighted by Crippen LogP contribution is -2.28. The second-order valence-electron chi connectivity index (χ2n) is 3.89. The van der Waals surface area contributed by atoms with Crippen LogP contribution in [0.15, 0.2) is 24.3 Å². The number of aromatic nitrogens is 1. The molecule has 0 fully saturated rings. The summed E-state index contributed by atoms with van der Waals surface area (Å²) in [6, 6.07) is 7.06. The highest BCUT2D eigenvalue weighted by molar-refractivity contribution is 6.31.